The molecular weight excluding hydrogens is 245 g/mol. The van der Waals surface area contributed by atoms with Gasteiger partial charge in [-0.3, -0.25) is 4.79 Å². The van der Waals surface area contributed by atoms with Crippen molar-refractivity contribution in [3.8, 4) is 0 Å². The van der Waals surface area contributed by atoms with Gasteiger partial charge in [-0.15, -0.1) is 0 Å². The molecule has 92 valence electrons. The lowest BCUT2D eigenvalue weighted by Crippen LogP contribution is -2.42. The Morgan fingerprint density at radius 3 is 2.59 bits per heavy atom. The number of rotatable bonds is 5. The van der Waals surface area contributed by atoms with Crippen molar-refractivity contribution in [3.05, 3.63) is 35.6 Å². The molecule has 0 saturated carbocycles. The van der Waals surface area contributed by atoms with E-state index in [1.54, 1.807) is 6.07 Å². The molecule has 0 bridgehead atoms. The Balaban J connectivity index is 2.61. The van der Waals surface area contributed by atoms with Crippen molar-refractivity contribution in [1.29, 1.82) is 0 Å². The van der Waals surface area contributed by atoms with Crippen LogP contribution in [0.5, 0.6) is 0 Å². The minimum atomic E-state index is -1.16. The molecule has 0 radical (unpaired) electrons. The van der Waals surface area contributed by atoms with E-state index < -0.39 is 23.7 Å². The molecule has 1 aromatic rings. The minimum absolute atomic E-state index is 0.0155. The van der Waals surface area contributed by atoms with Gasteiger partial charge in [-0.1, -0.05) is 18.2 Å². The van der Waals surface area contributed by atoms with Gasteiger partial charge in [-0.25, -0.2) is 9.18 Å². The Morgan fingerprint density at radius 1 is 1.41 bits per heavy atom. The normalized spacial score (nSPS) is 11.9. The van der Waals surface area contributed by atoms with Gasteiger partial charge in [0.15, 0.2) is 0 Å². The highest BCUT2D eigenvalue weighted by atomic mass is 32.1. The third kappa shape index (κ3) is 4.07. The summed E-state index contributed by atoms with van der Waals surface area (Å²) in [7, 11) is 0. The first-order valence-electron chi connectivity index (χ1n) is 4.91. The highest BCUT2D eigenvalue weighted by Gasteiger charge is 2.18. The molecule has 0 aliphatic carbocycles. The lowest BCUT2D eigenvalue weighted by molar-refractivity contribution is -0.141. The van der Waals surface area contributed by atoms with E-state index in [4.69, 9.17) is 5.11 Å². The molecule has 0 spiro atoms. The average Bonchev–Trinajstić information content (AvgIpc) is 2.28. The molecule has 0 aromatic heterocycles. The molecule has 0 fully saturated rings. The first kappa shape index (κ1) is 13.5. The lowest BCUT2D eigenvalue weighted by atomic mass is 10.1. The molecule has 1 aromatic carbocycles. The van der Waals surface area contributed by atoms with E-state index >= 15 is 0 Å². The first-order chi connectivity index (χ1) is 8.04. The number of aliphatic carboxylic acids is 1. The van der Waals surface area contributed by atoms with Gasteiger partial charge in [0.25, 0.3) is 0 Å². The lowest BCUT2D eigenvalue weighted by Gasteiger charge is -2.11. The molecule has 4 nitrogen and oxygen atoms in total. The number of hydrogen-bond donors (Lipinski definition) is 3. The number of hydrogen-bond acceptors (Lipinski definition) is 3. The Bertz CT molecular complexity index is 425. The Morgan fingerprint density at radius 2 is 2.06 bits per heavy atom. The summed E-state index contributed by atoms with van der Waals surface area (Å²) < 4.78 is 13.2. The van der Waals surface area contributed by atoms with Crippen molar-refractivity contribution in [2.75, 3.05) is 5.75 Å². The second-order valence-electron chi connectivity index (χ2n) is 3.41. The zero-order valence-corrected chi connectivity index (χ0v) is 9.78. The quantitative estimate of drug-likeness (QED) is 0.686. The molecule has 6 heteroatoms. The molecule has 0 unspecified atom stereocenters. The summed E-state index contributed by atoms with van der Waals surface area (Å²) in [6.45, 7) is 0. The van der Waals surface area contributed by atoms with Crippen LogP contribution in [0.15, 0.2) is 24.3 Å². The van der Waals surface area contributed by atoms with E-state index in [0.717, 1.165) is 0 Å². The molecule has 0 aliphatic heterocycles. The van der Waals surface area contributed by atoms with Crippen LogP contribution in [0.2, 0.25) is 0 Å². The average molecular weight is 257 g/mol. The number of amides is 1. The van der Waals surface area contributed by atoms with Crippen molar-refractivity contribution >= 4 is 24.5 Å². The fourth-order valence-corrected chi connectivity index (χ4v) is 1.49. The van der Waals surface area contributed by atoms with Crippen molar-refractivity contribution < 1.29 is 19.1 Å². The number of nitrogens with one attached hydrogen (secondary N) is 1. The highest BCUT2D eigenvalue weighted by molar-refractivity contribution is 7.80. The topological polar surface area (TPSA) is 66.4 Å². The molecule has 0 heterocycles. The number of benzene rings is 1. The molecule has 0 aliphatic rings. The molecule has 2 N–H and O–H groups in total. The number of thiol groups is 1. The van der Waals surface area contributed by atoms with Gasteiger partial charge in [0.2, 0.25) is 5.91 Å². The summed E-state index contributed by atoms with van der Waals surface area (Å²) in [5.74, 6) is -2.21. The largest absolute Gasteiger partial charge is 0.480 e. The van der Waals surface area contributed by atoms with Crippen LogP contribution in [-0.2, 0) is 16.0 Å². The van der Waals surface area contributed by atoms with Crippen molar-refractivity contribution in [3.63, 3.8) is 0 Å². The summed E-state index contributed by atoms with van der Waals surface area (Å²) in [6, 6.07) is 4.79. The summed E-state index contributed by atoms with van der Waals surface area (Å²) in [5.41, 5.74) is 0.230. The second kappa shape index (κ2) is 6.24. The van der Waals surface area contributed by atoms with Gasteiger partial charge in [-0.05, 0) is 11.6 Å². The van der Waals surface area contributed by atoms with Gasteiger partial charge in [-0.2, -0.15) is 12.6 Å². The Hall–Kier alpha value is -1.56. The Labute approximate surface area is 103 Å². The van der Waals surface area contributed by atoms with Crippen LogP contribution in [0, 0.1) is 5.82 Å². The predicted molar refractivity (Wildman–Crippen MR) is 63.5 cm³/mol. The number of carboxylic acids is 1. The fourth-order valence-electron chi connectivity index (χ4n) is 1.25. The summed E-state index contributed by atoms with van der Waals surface area (Å²) >= 11 is 3.81. The predicted octanol–water partition coefficient (Wildman–Crippen LogP) is 0.867. The van der Waals surface area contributed by atoms with Crippen LogP contribution in [0.1, 0.15) is 5.56 Å². The zero-order valence-electron chi connectivity index (χ0n) is 8.89. The summed E-state index contributed by atoms with van der Waals surface area (Å²) in [4.78, 5) is 22.1. The van der Waals surface area contributed by atoms with E-state index in [-0.39, 0.29) is 17.7 Å². The standard InChI is InChI=1S/C11H12FNO3S/c12-8-4-2-1-3-7(8)5-10(14)13-9(6-17)11(15)16/h1-4,9,17H,5-6H2,(H,13,14)(H,15,16)/t9-/m0/s1. The minimum Gasteiger partial charge on any atom is -0.480 e. The van der Waals surface area contributed by atoms with Crippen LogP contribution in [-0.4, -0.2) is 28.8 Å². The third-order valence-corrected chi connectivity index (χ3v) is 2.49. The SMILES string of the molecule is O=C(Cc1ccccc1F)N[C@@H](CS)C(=O)O. The first-order valence-corrected chi connectivity index (χ1v) is 5.54. The van der Waals surface area contributed by atoms with E-state index in [9.17, 15) is 14.0 Å². The molecule has 1 rings (SSSR count). The van der Waals surface area contributed by atoms with Crippen LogP contribution in [0.3, 0.4) is 0 Å². The van der Waals surface area contributed by atoms with Gasteiger partial charge in [0.1, 0.15) is 11.9 Å². The maximum absolute atomic E-state index is 13.2. The number of carbonyl (C=O) groups is 2. The van der Waals surface area contributed by atoms with E-state index in [2.05, 4.69) is 17.9 Å². The molecular formula is C11H12FNO3S. The van der Waals surface area contributed by atoms with Crippen molar-refractivity contribution in [2.45, 2.75) is 12.5 Å². The van der Waals surface area contributed by atoms with Gasteiger partial charge in [0.05, 0.1) is 6.42 Å². The molecule has 1 amide bonds. The smallest absolute Gasteiger partial charge is 0.327 e. The van der Waals surface area contributed by atoms with Crippen LogP contribution in [0.25, 0.3) is 0 Å². The van der Waals surface area contributed by atoms with Crippen LogP contribution in [0.4, 0.5) is 4.39 Å². The van der Waals surface area contributed by atoms with E-state index in [0.29, 0.717) is 0 Å². The van der Waals surface area contributed by atoms with Crippen LogP contribution >= 0.6 is 12.6 Å². The third-order valence-electron chi connectivity index (χ3n) is 2.12. The Kier molecular flexibility index (Phi) is 4.96. The summed E-state index contributed by atoms with van der Waals surface area (Å²) in [5, 5.41) is 11.0. The van der Waals surface area contributed by atoms with E-state index in [1.165, 1.54) is 18.2 Å². The molecule has 0 saturated heterocycles. The van der Waals surface area contributed by atoms with Gasteiger partial charge in [0, 0.05) is 5.75 Å². The zero-order chi connectivity index (χ0) is 12.8. The van der Waals surface area contributed by atoms with Crippen molar-refractivity contribution in [1.82, 2.24) is 5.32 Å². The fraction of sp³-hybridized carbons (Fsp3) is 0.273. The molecule has 17 heavy (non-hydrogen) atoms. The van der Waals surface area contributed by atoms with Crippen molar-refractivity contribution in [2.24, 2.45) is 0 Å². The molecule has 1 atom stereocenters. The van der Waals surface area contributed by atoms with Gasteiger partial charge >= 0.3 is 5.97 Å². The van der Waals surface area contributed by atoms with Crippen LogP contribution < -0.4 is 5.32 Å². The van der Waals surface area contributed by atoms with Gasteiger partial charge < -0.3 is 10.4 Å². The second-order valence-corrected chi connectivity index (χ2v) is 3.77. The number of carbonyl (C=O) groups excluding carboxylic acids is 1. The number of halogens is 1. The highest BCUT2D eigenvalue weighted by Crippen LogP contribution is 2.07. The number of carboxylic acid groups (broad SMARTS) is 1. The van der Waals surface area contributed by atoms with E-state index in [1.807, 2.05) is 0 Å². The summed E-state index contributed by atoms with van der Waals surface area (Å²) in [6.07, 6.45) is -0.190. The monoisotopic (exact) mass is 257 g/mol. The maximum Gasteiger partial charge on any atom is 0.327 e. The maximum atomic E-state index is 13.2.